The Kier molecular flexibility index (Phi) is 52.9. The van der Waals surface area contributed by atoms with E-state index < -0.39 is 32.5 Å². The molecule has 9 nitrogen and oxygen atoms in total. The molecule has 0 rings (SSSR count). The first-order valence-corrected chi connectivity index (χ1v) is 29.5. The lowest BCUT2D eigenvalue weighted by Gasteiger charge is -2.19. The van der Waals surface area contributed by atoms with Gasteiger partial charge in [0.25, 0.3) is 0 Å². The van der Waals surface area contributed by atoms with Gasteiger partial charge in [0.05, 0.1) is 13.2 Å². The molecule has 2 atom stereocenters. The van der Waals surface area contributed by atoms with Crippen LogP contribution in [0.2, 0.25) is 0 Å². The van der Waals surface area contributed by atoms with E-state index in [4.69, 9.17) is 24.3 Å². The minimum atomic E-state index is -4.40. The highest BCUT2D eigenvalue weighted by Gasteiger charge is 2.26. The third-order valence-corrected chi connectivity index (χ3v) is 12.3. The lowest BCUT2D eigenvalue weighted by atomic mass is 10.1. The van der Waals surface area contributed by atoms with Crippen LogP contribution in [0, 0.1) is 0 Å². The molecule has 3 N–H and O–H groups in total. The van der Waals surface area contributed by atoms with Gasteiger partial charge < -0.3 is 20.1 Å². The molecule has 0 aliphatic rings. The highest BCUT2D eigenvalue weighted by Crippen LogP contribution is 2.43. The quantitative estimate of drug-likeness (QED) is 0.0264. The first-order valence-electron chi connectivity index (χ1n) is 28.0. The number of hydrogen-bond acceptors (Lipinski definition) is 8. The Morgan fingerprint density at radius 2 is 0.732 bits per heavy atom. The Morgan fingerprint density at radius 1 is 0.423 bits per heavy atom. The van der Waals surface area contributed by atoms with Crippen molar-refractivity contribution in [1.29, 1.82) is 0 Å². The summed E-state index contributed by atoms with van der Waals surface area (Å²) in [7, 11) is -4.40. The molecule has 0 aromatic carbocycles. The molecule has 0 heterocycles. The predicted molar refractivity (Wildman–Crippen MR) is 302 cm³/mol. The monoisotopic (exact) mass is 1010 g/mol. The number of phosphoric ester groups is 1. The van der Waals surface area contributed by atoms with Crippen molar-refractivity contribution in [3.63, 3.8) is 0 Å². The van der Waals surface area contributed by atoms with Crippen LogP contribution >= 0.6 is 7.82 Å². The Hall–Kier alpha value is -3.59. The minimum absolute atomic E-state index is 0.0450. The van der Waals surface area contributed by atoms with E-state index in [1.165, 1.54) is 64.2 Å². The van der Waals surface area contributed by atoms with Gasteiger partial charge in [0.15, 0.2) is 6.10 Å². The average molecular weight is 1010 g/mol. The van der Waals surface area contributed by atoms with E-state index >= 15 is 0 Å². The number of hydrogen-bond donors (Lipinski definition) is 2. The zero-order chi connectivity index (χ0) is 51.7. The second-order valence-corrected chi connectivity index (χ2v) is 19.5. The molecule has 71 heavy (non-hydrogen) atoms. The summed E-state index contributed by atoms with van der Waals surface area (Å²) >= 11 is 0. The largest absolute Gasteiger partial charge is 0.472 e. The van der Waals surface area contributed by atoms with Crippen molar-refractivity contribution in [2.24, 2.45) is 5.73 Å². The van der Waals surface area contributed by atoms with E-state index in [1.807, 2.05) is 0 Å². The van der Waals surface area contributed by atoms with Gasteiger partial charge in [0.2, 0.25) is 0 Å². The minimum Gasteiger partial charge on any atom is -0.462 e. The molecular formula is C61H102NO8P. The summed E-state index contributed by atoms with van der Waals surface area (Å²) in [6.07, 6.45) is 76.6. The normalized spacial score (nSPS) is 14.0. The van der Waals surface area contributed by atoms with Gasteiger partial charge in [-0.25, -0.2) is 4.57 Å². The molecule has 10 heteroatoms. The highest BCUT2D eigenvalue weighted by molar-refractivity contribution is 7.47. The van der Waals surface area contributed by atoms with Crippen molar-refractivity contribution in [1.82, 2.24) is 0 Å². The Labute approximate surface area is 434 Å². The van der Waals surface area contributed by atoms with Crippen molar-refractivity contribution < 1.29 is 37.6 Å². The molecule has 404 valence electrons. The third-order valence-electron chi connectivity index (χ3n) is 11.3. The zero-order valence-electron chi connectivity index (χ0n) is 44.9. The SMILES string of the molecule is CC/C=C\C/C=C\C/C=C\C/C=C\C/C=C\CCCCCCCCCCCC(=O)OCC(COP(=O)(O)OCCN)OC(=O)CCCCCCCCCCC/C=C\C/C=C\C/C=C\C/C=C\C/C=C\CC. The number of phosphoric acid groups is 1. The molecule has 0 fully saturated rings. The van der Waals surface area contributed by atoms with Crippen molar-refractivity contribution in [3.8, 4) is 0 Å². The first kappa shape index (κ1) is 67.4. The van der Waals surface area contributed by atoms with Gasteiger partial charge in [-0.3, -0.25) is 18.6 Å². The Bertz CT molecular complexity index is 1570. The molecule has 0 aromatic heterocycles. The third kappa shape index (κ3) is 55.6. The van der Waals surface area contributed by atoms with Gasteiger partial charge in [-0.1, -0.05) is 225 Å². The number of esters is 2. The topological polar surface area (TPSA) is 134 Å². The van der Waals surface area contributed by atoms with Gasteiger partial charge >= 0.3 is 19.8 Å². The van der Waals surface area contributed by atoms with Gasteiger partial charge in [0.1, 0.15) is 6.61 Å². The number of allylic oxidation sites excluding steroid dienone is 20. The molecule has 0 bridgehead atoms. The van der Waals surface area contributed by atoms with Crippen LogP contribution < -0.4 is 5.73 Å². The second-order valence-electron chi connectivity index (χ2n) is 18.0. The summed E-state index contributed by atoms with van der Waals surface area (Å²) in [5.41, 5.74) is 5.38. The van der Waals surface area contributed by atoms with Crippen LogP contribution in [0.3, 0.4) is 0 Å². The summed E-state index contributed by atoms with van der Waals surface area (Å²) in [6, 6.07) is 0. The molecule has 0 radical (unpaired) electrons. The lowest BCUT2D eigenvalue weighted by molar-refractivity contribution is -0.161. The number of unbranched alkanes of at least 4 members (excludes halogenated alkanes) is 18. The van der Waals surface area contributed by atoms with Crippen LogP contribution in [0.15, 0.2) is 122 Å². The van der Waals surface area contributed by atoms with E-state index in [1.54, 1.807) is 0 Å². The summed E-state index contributed by atoms with van der Waals surface area (Å²) in [6.45, 7) is 3.49. The number of carbonyl (C=O) groups is 2. The summed E-state index contributed by atoms with van der Waals surface area (Å²) in [4.78, 5) is 35.2. The van der Waals surface area contributed by atoms with Crippen molar-refractivity contribution in [3.05, 3.63) is 122 Å². The second kappa shape index (κ2) is 55.7. The molecule has 2 unspecified atom stereocenters. The maximum absolute atomic E-state index is 12.7. The van der Waals surface area contributed by atoms with Gasteiger partial charge in [-0.2, -0.15) is 0 Å². The molecular weight excluding hydrogens is 906 g/mol. The zero-order valence-corrected chi connectivity index (χ0v) is 45.8. The van der Waals surface area contributed by atoms with Crippen LogP contribution in [-0.2, 0) is 32.7 Å². The van der Waals surface area contributed by atoms with Crippen LogP contribution in [0.1, 0.15) is 219 Å². The number of carbonyl (C=O) groups excluding carboxylic acids is 2. The molecule has 0 saturated heterocycles. The molecule has 0 spiro atoms. The maximum Gasteiger partial charge on any atom is 0.472 e. The highest BCUT2D eigenvalue weighted by atomic mass is 31.2. The van der Waals surface area contributed by atoms with Crippen molar-refractivity contribution in [2.75, 3.05) is 26.4 Å². The number of ether oxygens (including phenoxy) is 2. The smallest absolute Gasteiger partial charge is 0.462 e. The molecule has 0 aliphatic carbocycles. The van der Waals surface area contributed by atoms with Gasteiger partial charge in [-0.05, 0) is 103 Å². The van der Waals surface area contributed by atoms with Crippen molar-refractivity contribution >= 4 is 19.8 Å². The molecule has 0 saturated carbocycles. The van der Waals surface area contributed by atoms with E-state index in [0.717, 1.165) is 122 Å². The number of rotatable bonds is 51. The van der Waals surface area contributed by atoms with E-state index in [-0.39, 0.29) is 32.6 Å². The summed E-state index contributed by atoms with van der Waals surface area (Å²) in [5, 5.41) is 0. The predicted octanol–water partition coefficient (Wildman–Crippen LogP) is 17.6. The fourth-order valence-corrected chi connectivity index (χ4v) is 8.04. The number of nitrogens with two attached hydrogens (primary N) is 1. The Morgan fingerprint density at radius 3 is 1.08 bits per heavy atom. The van der Waals surface area contributed by atoms with Crippen LogP contribution in [0.25, 0.3) is 0 Å². The lowest BCUT2D eigenvalue weighted by Crippen LogP contribution is -2.29. The molecule has 0 aliphatic heterocycles. The maximum atomic E-state index is 12.7. The molecule has 0 amide bonds. The van der Waals surface area contributed by atoms with Gasteiger partial charge in [0, 0.05) is 19.4 Å². The van der Waals surface area contributed by atoms with Crippen LogP contribution in [0.4, 0.5) is 0 Å². The fraction of sp³-hybridized carbons (Fsp3) is 0.639. The average Bonchev–Trinajstić information content (AvgIpc) is 3.36. The van der Waals surface area contributed by atoms with Gasteiger partial charge in [-0.15, -0.1) is 0 Å². The van der Waals surface area contributed by atoms with E-state index in [9.17, 15) is 19.0 Å². The van der Waals surface area contributed by atoms with Crippen molar-refractivity contribution in [2.45, 2.75) is 225 Å². The van der Waals surface area contributed by atoms with E-state index in [2.05, 4.69) is 135 Å². The first-order chi connectivity index (χ1) is 34.8. The molecule has 0 aromatic rings. The standard InChI is InChI=1S/C61H102NO8P/c1-3-5-7-9-11-13-15-17-19-21-23-25-27-29-31-33-35-37-39-41-43-45-47-49-51-53-60(63)67-57-59(58-69-71(65,66)68-56-55-62)70-61(64)54-52-50-48-46-44-42-40-38-36-34-32-30-28-26-24-22-20-18-16-14-12-10-8-6-4-2/h5-8,11-14,17-20,23-26,29-32,59H,3-4,9-10,15-16,21-22,27-28,33-58,62H2,1-2H3,(H,65,66)/b7-5-,8-6-,13-11-,14-12-,19-17-,20-18-,25-23-,26-24-,31-29-,32-30-. The fourth-order valence-electron chi connectivity index (χ4n) is 7.28. The summed E-state index contributed by atoms with van der Waals surface area (Å²) in [5.74, 6) is -0.849. The Balaban J connectivity index is 4.06. The van der Waals surface area contributed by atoms with Crippen LogP contribution in [-0.4, -0.2) is 49.3 Å². The summed E-state index contributed by atoms with van der Waals surface area (Å²) < 4.78 is 33.0. The van der Waals surface area contributed by atoms with Crippen LogP contribution in [0.5, 0.6) is 0 Å². The van der Waals surface area contributed by atoms with E-state index in [0.29, 0.717) is 6.42 Å².